The van der Waals surface area contributed by atoms with E-state index < -0.39 is 5.60 Å². The predicted octanol–water partition coefficient (Wildman–Crippen LogP) is 3.04. The largest absolute Gasteiger partial charge is 0.493 e. The van der Waals surface area contributed by atoms with Crippen molar-refractivity contribution in [2.45, 2.75) is 51.7 Å². The first-order valence-corrected chi connectivity index (χ1v) is 9.55. The Morgan fingerprint density at radius 1 is 1.33 bits per heavy atom. The zero-order valence-electron chi connectivity index (χ0n) is 16.9. The van der Waals surface area contributed by atoms with Crippen molar-refractivity contribution in [3.05, 3.63) is 18.2 Å². The first kappa shape index (κ1) is 21.2. The Morgan fingerprint density at radius 2 is 2.11 bits per heavy atom. The van der Waals surface area contributed by atoms with Crippen LogP contribution in [0, 0.1) is 0 Å². The van der Waals surface area contributed by atoms with Gasteiger partial charge >= 0.3 is 6.09 Å². The minimum Gasteiger partial charge on any atom is -0.493 e. The van der Waals surface area contributed by atoms with Gasteiger partial charge < -0.3 is 30.2 Å². The standard InChI is InChI=1S/C20H33N3O4/c1-20(2,3)27-19(24)22-16-7-5-10-23(14-16)11-6-12-26-17-9-8-15(21)13-18(17)25-4/h8-9,13,16H,5-7,10-12,14,21H2,1-4H3,(H,22,24)/t16-/m0/s1. The number of hydrogen-bond donors (Lipinski definition) is 2. The van der Waals surface area contributed by atoms with Crippen LogP contribution in [-0.2, 0) is 4.74 Å². The highest BCUT2D eigenvalue weighted by Crippen LogP contribution is 2.29. The molecule has 0 unspecified atom stereocenters. The molecule has 0 aromatic heterocycles. The zero-order chi connectivity index (χ0) is 19.9. The molecule has 1 fully saturated rings. The van der Waals surface area contributed by atoms with Crippen LogP contribution in [0.1, 0.15) is 40.0 Å². The summed E-state index contributed by atoms with van der Waals surface area (Å²) in [5.74, 6) is 1.35. The van der Waals surface area contributed by atoms with E-state index in [9.17, 15) is 4.79 Å². The molecule has 152 valence electrons. The van der Waals surface area contributed by atoms with Crippen LogP contribution in [-0.4, -0.2) is 56.0 Å². The molecule has 1 aliphatic heterocycles. The fourth-order valence-corrected chi connectivity index (χ4v) is 3.12. The molecule has 0 aliphatic carbocycles. The van der Waals surface area contributed by atoms with Gasteiger partial charge in [-0.05, 0) is 58.7 Å². The van der Waals surface area contributed by atoms with Crippen LogP contribution >= 0.6 is 0 Å². The number of nitrogen functional groups attached to an aromatic ring is 1. The number of benzene rings is 1. The Bertz CT molecular complexity index is 616. The highest BCUT2D eigenvalue weighted by molar-refractivity contribution is 5.68. The lowest BCUT2D eigenvalue weighted by Gasteiger charge is -2.33. The van der Waals surface area contributed by atoms with Crippen molar-refractivity contribution in [1.29, 1.82) is 0 Å². The monoisotopic (exact) mass is 379 g/mol. The molecule has 0 radical (unpaired) electrons. The quantitative estimate of drug-likeness (QED) is 0.559. The van der Waals surface area contributed by atoms with Crippen molar-refractivity contribution in [1.82, 2.24) is 10.2 Å². The first-order chi connectivity index (χ1) is 12.8. The molecule has 1 atom stereocenters. The molecule has 1 aromatic carbocycles. The maximum atomic E-state index is 11.9. The lowest BCUT2D eigenvalue weighted by molar-refractivity contribution is 0.0471. The van der Waals surface area contributed by atoms with Crippen LogP contribution in [0.4, 0.5) is 10.5 Å². The molecule has 3 N–H and O–H groups in total. The SMILES string of the molecule is COc1cc(N)ccc1OCCCN1CCC[C@H](NC(=O)OC(C)(C)C)C1. The number of carbonyl (C=O) groups excluding carboxylic acids is 1. The van der Waals surface area contributed by atoms with Crippen molar-refractivity contribution >= 4 is 11.8 Å². The molecule has 2 rings (SSSR count). The number of nitrogens with zero attached hydrogens (tertiary/aromatic N) is 1. The second-order valence-corrected chi connectivity index (χ2v) is 7.90. The molecule has 27 heavy (non-hydrogen) atoms. The van der Waals surface area contributed by atoms with Crippen molar-refractivity contribution in [2.75, 3.05) is 39.1 Å². The Labute approximate surface area is 162 Å². The van der Waals surface area contributed by atoms with Gasteiger partial charge in [0.15, 0.2) is 11.5 Å². The number of carbonyl (C=O) groups is 1. The Hall–Kier alpha value is -2.15. The number of anilines is 1. The van der Waals surface area contributed by atoms with Crippen molar-refractivity contribution in [3.63, 3.8) is 0 Å². The molecule has 1 aromatic rings. The number of methoxy groups -OCH3 is 1. The number of ether oxygens (including phenoxy) is 3. The van der Waals surface area contributed by atoms with Crippen LogP contribution in [0.3, 0.4) is 0 Å². The molecule has 1 heterocycles. The lowest BCUT2D eigenvalue weighted by Crippen LogP contribution is -2.49. The third-order valence-corrected chi connectivity index (χ3v) is 4.29. The maximum Gasteiger partial charge on any atom is 0.407 e. The van der Waals surface area contributed by atoms with E-state index >= 15 is 0 Å². The molecule has 1 saturated heterocycles. The summed E-state index contributed by atoms with van der Waals surface area (Å²) in [5.41, 5.74) is 5.93. The summed E-state index contributed by atoms with van der Waals surface area (Å²) >= 11 is 0. The molecular formula is C20H33N3O4. The Balaban J connectivity index is 1.71. The number of nitrogens with one attached hydrogen (secondary N) is 1. The minimum atomic E-state index is -0.473. The van der Waals surface area contributed by atoms with Gasteiger partial charge in [0.25, 0.3) is 0 Å². The van der Waals surface area contributed by atoms with E-state index in [0.717, 1.165) is 38.9 Å². The second-order valence-electron chi connectivity index (χ2n) is 7.90. The first-order valence-electron chi connectivity index (χ1n) is 9.55. The molecule has 1 aliphatic rings. The second kappa shape index (κ2) is 9.69. The summed E-state index contributed by atoms with van der Waals surface area (Å²) in [6, 6.07) is 5.52. The van der Waals surface area contributed by atoms with Crippen LogP contribution in [0.5, 0.6) is 11.5 Å². The lowest BCUT2D eigenvalue weighted by atomic mass is 10.1. The van der Waals surface area contributed by atoms with Gasteiger partial charge in [0.2, 0.25) is 0 Å². The summed E-state index contributed by atoms with van der Waals surface area (Å²) in [5, 5.41) is 2.98. The molecule has 7 heteroatoms. The number of amides is 1. The number of likely N-dealkylation sites (tertiary alicyclic amines) is 1. The molecule has 7 nitrogen and oxygen atoms in total. The molecule has 1 amide bonds. The zero-order valence-corrected chi connectivity index (χ0v) is 16.9. The highest BCUT2D eigenvalue weighted by atomic mass is 16.6. The maximum absolute atomic E-state index is 11.9. The van der Waals surface area contributed by atoms with Gasteiger partial charge in [0, 0.05) is 30.9 Å². The fraction of sp³-hybridized carbons (Fsp3) is 0.650. The third-order valence-electron chi connectivity index (χ3n) is 4.29. The van der Waals surface area contributed by atoms with E-state index in [0.29, 0.717) is 23.8 Å². The average molecular weight is 380 g/mol. The number of nitrogens with two attached hydrogens (primary N) is 1. The smallest absolute Gasteiger partial charge is 0.407 e. The predicted molar refractivity (Wildman–Crippen MR) is 106 cm³/mol. The van der Waals surface area contributed by atoms with Gasteiger partial charge in [-0.3, -0.25) is 0 Å². The average Bonchev–Trinajstić information content (AvgIpc) is 2.58. The molecule has 0 bridgehead atoms. The Morgan fingerprint density at radius 3 is 2.81 bits per heavy atom. The van der Waals surface area contributed by atoms with Crippen molar-refractivity contribution in [2.24, 2.45) is 0 Å². The summed E-state index contributed by atoms with van der Waals surface area (Å²) in [6.45, 7) is 9.01. The van der Waals surface area contributed by atoms with Crippen molar-refractivity contribution < 1.29 is 19.0 Å². The van der Waals surface area contributed by atoms with Crippen molar-refractivity contribution in [3.8, 4) is 11.5 Å². The number of rotatable bonds is 7. The minimum absolute atomic E-state index is 0.131. The van der Waals surface area contributed by atoms with Gasteiger partial charge in [-0.15, -0.1) is 0 Å². The van der Waals surface area contributed by atoms with Crippen LogP contribution in [0.25, 0.3) is 0 Å². The third kappa shape index (κ3) is 7.54. The topological polar surface area (TPSA) is 86.1 Å². The number of alkyl carbamates (subject to hydrolysis) is 1. The Kier molecular flexibility index (Phi) is 7.59. The van der Waals surface area contributed by atoms with Crippen LogP contribution < -0.4 is 20.5 Å². The summed E-state index contributed by atoms with van der Waals surface area (Å²) in [7, 11) is 1.60. The van der Waals surface area contributed by atoms with E-state index in [1.54, 1.807) is 19.2 Å². The van der Waals surface area contributed by atoms with Crippen LogP contribution in [0.15, 0.2) is 18.2 Å². The normalized spacial score (nSPS) is 18.0. The highest BCUT2D eigenvalue weighted by Gasteiger charge is 2.23. The van der Waals surface area contributed by atoms with E-state index in [1.165, 1.54) is 0 Å². The van der Waals surface area contributed by atoms with Gasteiger partial charge in [0.1, 0.15) is 5.60 Å². The molecular weight excluding hydrogens is 346 g/mol. The number of hydrogen-bond acceptors (Lipinski definition) is 6. The molecule has 0 saturated carbocycles. The fourth-order valence-electron chi connectivity index (χ4n) is 3.12. The van der Waals surface area contributed by atoms with E-state index in [2.05, 4.69) is 10.2 Å². The van der Waals surface area contributed by atoms with Crippen LogP contribution in [0.2, 0.25) is 0 Å². The molecule has 0 spiro atoms. The summed E-state index contributed by atoms with van der Waals surface area (Å²) in [6.07, 6.45) is 2.60. The van der Waals surface area contributed by atoms with E-state index in [4.69, 9.17) is 19.9 Å². The van der Waals surface area contributed by atoms with E-state index in [1.807, 2.05) is 26.8 Å². The van der Waals surface area contributed by atoms with E-state index in [-0.39, 0.29) is 12.1 Å². The summed E-state index contributed by atoms with van der Waals surface area (Å²) in [4.78, 5) is 14.3. The number of piperidine rings is 1. The summed E-state index contributed by atoms with van der Waals surface area (Å²) < 4.78 is 16.5. The van der Waals surface area contributed by atoms with Gasteiger partial charge in [-0.1, -0.05) is 0 Å². The van der Waals surface area contributed by atoms with Gasteiger partial charge in [0.05, 0.1) is 13.7 Å². The van der Waals surface area contributed by atoms with Gasteiger partial charge in [-0.25, -0.2) is 4.79 Å². The van der Waals surface area contributed by atoms with Gasteiger partial charge in [-0.2, -0.15) is 0 Å².